The Hall–Kier alpha value is -4.04. The molecule has 11 heteroatoms. The molecule has 3 atom stereocenters. The van der Waals surface area contributed by atoms with E-state index in [4.69, 9.17) is 9.72 Å². The van der Waals surface area contributed by atoms with Gasteiger partial charge in [-0.25, -0.2) is 9.37 Å². The number of ketones is 1. The van der Waals surface area contributed by atoms with Gasteiger partial charge in [-0.05, 0) is 76.8 Å². The number of ether oxygens (including phenoxy) is 1. The number of aromatic nitrogens is 3. The summed E-state index contributed by atoms with van der Waals surface area (Å²) in [5.41, 5.74) is 2.22. The highest BCUT2D eigenvalue weighted by Gasteiger charge is 2.56. The van der Waals surface area contributed by atoms with Gasteiger partial charge in [0.05, 0.1) is 34.3 Å². The van der Waals surface area contributed by atoms with Crippen LogP contribution in [0.5, 0.6) is 5.75 Å². The molecule has 7 nitrogen and oxygen atoms in total. The van der Waals surface area contributed by atoms with E-state index in [1.165, 1.54) is 12.1 Å². The summed E-state index contributed by atoms with van der Waals surface area (Å²) in [6, 6.07) is 13.5. The molecule has 1 saturated carbocycles. The van der Waals surface area contributed by atoms with Gasteiger partial charge in [0.15, 0.2) is 5.78 Å². The minimum atomic E-state index is -3.04. The second-order valence-corrected chi connectivity index (χ2v) is 16.4. The van der Waals surface area contributed by atoms with Crippen LogP contribution in [0.25, 0.3) is 22.2 Å². The van der Waals surface area contributed by atoms with Crippen LogP contribution in [0.2, 0.25) is 0 Å². The van der Waals surface area contributed by atoms with Crippen molar-refractivity contribution in [2.75, 3.05) is 5.75 Å². The van der Waals surface area contributed by atoms with Crippen LogP contribution in [0.3, 0.4) is 0 Å². The number of rotatable bonds is 6. The first-order chi connectivity index (χ1) is 21.7. The van der Waals surface area contributed by atoms with Gasteiger partial charge in [0.25, 0.3) is 0 Å². The summed E-state index contributed by atoms with van der Waals surface area (Å²) in [5, 5.41) is 9.70. The highest BCUT2D eigenvalue weighted by atomic mass is 32.2. The Balaban J connectivity index is 1.29. The largest absolute Gasteiger partial charge is 0.434 e. The topological polar surface area (TPSA) is 97.9 Å². The average molecular weight is 647 g/mol. The fourth-order valence-electron chi connectivity index (χ4n) is 7.78. The Bertz CT molecular complexity index is 1990. The van der Waals surface area contributed by atoms with Crippen LogP contribution in [-0.2, 0) is 16.2 Å². The van der Waals surface area contributed by atoms with Crippen molar-refractivity contribution in [2.24, 2.45) is 5.41 Å². The lowest BCUT2D eigenvalue weighted by Crippen LogP contribution is -2.53. The van der Waals surface area contributed by atoms with Gasteiger partial charge in [0.2, 0.25) is 0 Å². The van der Waals surface area contributed by atoms with Crippen LogP contribution in [0.15, 0.2) is 48.7 Å². The molecule has 1 fully saturated rings. The molecule has 0 spiro atoms. The number of Topliss-reactive ketones (excluding diaryl/α,β-unsaturated/α-hetero) is 1. The zero-order valence-electron chi connectivity index (χ0n) is 25.9. The molecule has 4 aromatic rings. The van der Waals surface area contributed by atoms with Gasteiger partial charge in [0, 0.05) is 61.9 Å². The third-order valence-corrected chi connectivity index (χ3v) is 11.9. The summed E-state index contributed by atoms with van der Waals surface area (Å²) in [6.07, 6.45) is 3.09. The van der Waals surface area contributed by atoms with E-state index in [2.05, 4.69) is 11.1 Å². The van der Waals surface area contributed by atoms with Gasteiger partial charge in [-0.3, -0.25) is 14.0 Å². The third kappa shape index (κ3) is 4.84. The molecule has 2 aromatic carbocycles. The highest BCUT2D eigenvalue weighted by Crippen LogP contribution is 2.56. The van der Waals surface area contributed by atoms with Crippen LogP contribution >= 0.6 is 0 Å². The van der Waals surface area contributed by atoms with E-state index in [-0.39, 0.29) is 35.3 Å². The Morgan fingerprint density at radius 2 is 1.93 bits per heavy atom. The van der Waals surface area contributed by atoms with Crippen LogP contribution in [0.1, 0.15) is 92.8 Å². The lowest BCUT2D eigenvalue weighted by molar-refractivity contribution is -0.0507. The Labute approximate surface area is 267 Å². The van der Waals surface area contributed by atoms with E-state index in [0.29, 0.717) is 52.9 Å². The zero-order valence-corrected chi connectivity index (χ0v) is 26.8. The van der Waals surface area contributed by atoms with Gasteiger partial charge in [0.1, 0.15) is 17.4 Å². The number of carbonyl (C=O) groups excluding carboxylic acids is 1. The first-order valence-electron chi connectivity index (χ1n) is 15.3. The number of fused-ring (bicyclic) bond motifs is 9. The molecule has 46 heavy (non-hydrogen) atoms. The molecular weight excluding hydrogens is 613 g/mol. The fraction of sp³-hybridized carbons (Fsp3) is 0.429. The Morgan fingerprint density at radius 3 is 2.61 bits per heavy atom. The van der Waals surface area contributed by atoms with Crippen molar-refractivity contribution in [3.8, 4) is 22.9 Å². The quantitative estimate of drug-likeness (QED) is 0.214. The molecular formula is C35H33F3N4O3S. The number of nitriles is 1. The lowest BCUT2D eigenvalue weighted by atomic mass is 9.53. The van der Waals surface area contributed by atoms with E-state index in [9.17, 15) is 23.0 Å². The smallest absolute Gasteiger partial charge is 0.387 e. The lowest BCUT2D eigenvalue weighted by Gasteiger charge is -2.51. The number of benzene rings is 2. The number of pyridine rings is 1. The van der Waals surface area contributed by atoms with Crippen molar-refractivity contribution in [1.82, 2.24) is 14.5 Å². The van der Waals surface area contributed by atoms with Crippen molar-refractivity contribution in [3.05, 3.63) is 77.1 Å². The number of halogens is 3. The molecule has 238 valence electrons. The molecule has 7 rings (SSSR count). The number of hydrogen-bond donors (Lipinski definition) is 0. The molecule has 0 N–H and O–H groups in total. The van der Waals surface area contributed by atoms with Crippen LogP contribution in [0.4, 0.5) is 13.2 Å². The molecule has 2 bridgehead atoms. The van der Waals surface area contributed by atoms with Crippen molar-refractivity contribution >= 4 is 27.6 Å². The summed E-state index contributed by atoms with van der Waals surface area (Å²) >= 11 is 0. The predicted octanol–water partition coefficient (Wildman–Crippen LogP) is 7.61. The first-order valence-corrected chi connectivity index (χ1v) is 16.6. The van der Waals surface area contributed by atoms with Gasteiger partial charge in [-0.1, -0.05) is 18.2 Å². The van der Waals surface area contributed by atoms with E-state index in [1.807, 2.05) is 50.5 Å². The maximum atomic E-state index is 16.0. The van der Waals surface area contributed by atoms with E-state index >= 15 is 4.39 Å². The number of imidazole rings is 1. The summed E-state index contributed by atoms with van der Waals surface area (Å²) in [4.78, 5) is 22.6. The molecule has 0 radical (unpaired) electrons. The number of alkyl halides is 2. The molecule has 0 unspecified atom stereocenters. The van der Waals surface area contributed by atoms with Gasteiger partial charge < -0.3 is 9.30 Å². The summed E-state index contributed by atoms with van der Waals surface area (Å²) < 4.78 is 62.4. The normalized spacial score (nSPS) is 25.8. The standard InChI is InChI=1S/C35H33F3N4O3S/c1-33(2,3)46(44)18-35(15-34(4,16-35)17-39)30-23(36)10-21(14-40-30)19-8-9-24-25(11-19)42-26-12-20(31(42)41-24)13-27(43)22-6-5-7-28(29(22)26)45-32(37)38/h5-11,14,20,26,32H,12-13,15-16,18H2,1-4H3/t20-,26+,34?,35?,46-/m0/s1. The minimum Gasteiger partial charge on any atom is -0.434 e. The summed E-state index contributed by atoms with van der Waals surface area (Å²) in [5.74, 6) is 0.0689. The van der Waals surface area contributed by atoms with Crippen molar-refractivity contribution in [1.29, 1.82) is 5.26 Å². The molecule has 3 heterocycles. The highest BCUT2D eigenvalue weighted by molar-refractivity contribution is 7.86. The summed E-state index contributed by atoms with van der Waals surface area (Å²) in [6.45, 7) is 4.44. The van der Waals surface area contributed by atoms with Crippen LogP contribution < -0.4 is 4.74 Å². The Morgan fingerprint density at radius 1 is 1.17 bits per heavy atom. The van der Waals surface area contributed by atoms with Crippen molar-refractivity contribution < 1.29 is 26.9 Å². The molecule has 0 saturated heterocycles. The van der Waals surface area contributed by atoms with Crippen LogP contribution in [-0.4, -0.2) is 41.6 Å². The maximum absolute atomic E-state index is 16.0. The van der Waals surface area contributed by atoms with E-state index in [0.717, 1.165) is 5.52 Å². The van der Waals surface area contributed by atoms with Crippen molar-refractivity contribution in [2.45, 2.75) is 82.1 Å². The second-order valence-electron chi connectivity index (χ2n) is 14.2. The molecule has 3 aliphatic rings. The predicted molar refractivity (Wildman–Crippen MR) is 168 cm³/mol. The second kappa shape index (κ2) is 10.5. The van der Waals surface area contributed by atoms with Gasteiger partial charge >= 0.3 is 6.61 Å². The SMILES string of the molecule is CC1(C#N)CC(C[S@](=O)C(C)(C)C)(c2ncc(-c3ccc4nc5n(c4c3)[C@@H]3C[C@H]5CC(=O)c4cccc(OC(F)F)c43)cc2F)C1. The number of hydrogen-bond acceptors (Lipinski definition) is 6. The molecule has 2 aliphatic carbocycles. The Kier molecular flexibility index (Phi) is 6.98. The first kappa shape index (κ1) is 30.6. The monoisotopic (exact) mass is 646 g/mol. The van der Waals surface area contributed by atoms with E-state index in [1.54, 1.807) is 18.3 Å². The maximum Gasteiger partial charge on any atom is 0.387 e. The number of nitrogens with zero attached hydrogens (tertiary/aromatic N) is 4. The van der Waals surface area contributed by atoms with Gasteiger partial charge in [-0.2, -0.15) is 14.0 Å². The minimum absolute atomic E-state index is 0.0241. The molecule has 0 amide bonds. The van der Waals surface area contributed by atoms with E-state index < -0.39 is 44.8 Å². The zero-order chi connectivity index (χ0) is 32.8. The molecule has 1 aliphatic heterocycles. The van der Waals surface area contributed by atoms with Crippen molar-refractivity contribution in [3.63, 3.8) is 0 Å². The number of carbonyl (C=O) groups is 1. The summed E-state index contributed by atoms with van der Waals surface area (Å²) in [7, 11) is -1.28. The fourth-order valence-corrected chi connectivity index (χ4v) is 9.06. The average Bonchev–Trinajstić information content (AvgIpc) is 3.47. The third-order valence-electron chi connectivity index (χ3n) is 9.74. The van der Waals surface area contributed by atoms with Gasteiger partial charge in [-0.15, -0.1) is 0 Å². The molecule has 2 aromatic heterocycles. The van der Waals surface area contributed by atoms with Crippen LogP contribution in [0, 0.1) is 22.6 Å².